The van der Waals surface area contributed by atoms with E-state index in [0.29, 0.717) is 19.6 Å². The van der Waals surface area contributed by atoms with Gasteiger partial charge in [0, 0.05) is 24.1 Å². The van der Waals surface area contributed by atoms with E-state index in [4.69, 9.17) is 9.84 Å². The molecule has 2 rings (SSSR count). The van der Waals surface area contributed by atoms with Crippen LogP contribution in [0.25, 0.3) is 0 Å². The first kappa shape index (κ1) is 14.4. The smallest absolute Gasteiger partial charge is 0.329 e. The number of carbonyl (C=O) groups is 1. The van der Waals surface area contributed by atoms with Gasteiger partial charge in [-0.2, -0.15) is 0 Å². The number of halogens is 2. The Morgan fingerprint density at radius 3 is 2.84 bits per heavy atom. The molecule has 1 fully saturated rings. The highest BCUT2D eigenvalue weighted by Gasteiger charge is 2.40. The standard InChI is InChI=1S/C13H15BrFNO3/c1-13(19-6-12(17)18)7-16(8-13)5-9-2-3-10(15)4-11(9)14/h2-4H,5-8H2,1H3,(H,17,18). The van der Waals surface area contributed by atoms with Crippen molar-refractivity contribution in [3.8, 4) is 0 Å². The Hall–Kier alpha value is -0.980. The van der Waals surface area contributed by atoms with Crippen molar-refractivity contribution in [3.05, 3.63) is 34.1 Å². The molecule has 0 atom stereocenters. The summed E-state index contributed by atoms with van der Waals surface area (Å²) in [5.74, 6) is -1.23. The molecule has 1 aromatic rings. The Balaban J connectivity index is 1.85. The summed E-state index contributed by atoms with van der Waals surface area (Å²) < 4.78 is 19.0. The monoisotopic (exact) mass is 331 g/mol. The molecule has 0 bridgehead atoms. The maximum absolute atomic E-state index is 13.0. The number of hydrogen-bond donors (Lipinski definition) is 1. The van der Waals surface area contributed by atoms with Crippen LogP contribution in [0.4, 0.5) is 4.39 Å². The number of ether oxygens (including phenoxy) is 1. The highest BCUT2D eigenvalue weighted by Crippen LogP contribution is 2.28. The topological polar surface area (TPSA) is 49.8 Å². The number of benzene rings is 1. The van der Waals surface area contributed by atoms with Crippen molar-refractivity contribution in [3.63, 3.8) is 0 Å². The summed E-state index contributed by atoms with van der Waals surface area (Å²) in [6.07, 6.45) is 0. The molecule has 1 N–H and O–H groups in total. The van der Waals surface area contributed by atoms with E-state index in [0.717, 1.165) is 10.0 Å². The molecule has 0 spiro atoms. The summed E-state index contributed by atoms with van der Waals surface area (Å²) in [4.78, 5) is 12.6. The van der Waals surface area contributed by atoms with Crippen LogP contribution in [0, 0.1) is 5.82 Å². The third-order valence-corrected chi connectivity index (χ3v) is 3.81. The summed E-state index contributed by atoms with van der Waals surface area (Å²) >= 11 is 3.33. The first-order valence-electron chi connectivity index (χ1n) is 5.90. The Bertz CT molecular complexity index is 489. The minimum Gasteiger partial charge on any atom is -0.480 e. The molecule has 1 saturated heterocycles. The average molecular weight is 332 g/mol. The average Bonchev–Trinajstić information content (AvgIpc) is 2.28. The summed E-state index contributed by atoms with van der Waals surface area (Å²) in [5.41, 5.74) is 0.604. The summed E-state index contributed by atoms with van der Waals surface area (Å²) in [6, 6.07) is 4.61. The molecule has 1 heterocycles. The maximum Gasteiger partial charge on any atom is 0.329 e. The van der Waals surface area contributed by atoms with Gasteiger partial charge in [-0.3, -0.25) is 4.90 Å². The van der Waals surface area contributed by atoms with Crippen molar-refractivity contribution >= 4 is 21.9 Å². The third kappa shape index (κ3) is 3.75. The number of likely N-dealkylation sites (tertiary alicyclic amines) is 1. The van der Waals surface area contributed by atoms with E-state index in [1.807, 2.05) is 6.92 Å². The van der Waals surface area contributed by atoms with Crippen LogP contribution in [0.3, 0.4) is 0 Å². The number of carboxylic acids is 1. The van der Waals surface area contributed by atoms with Gasteiger partial charge < -0.3 is 9.84 Å². The third-order valence-electron chi connectivity index (χ3n) is 3.07. The zero-order valence-electron chi connectivity index (χ0n) is 10.5. The fourth-order valence-electron chi connectivity index (χ4n) is 2.23. The van der Waals surface area contributed by atoms with Gasteiger partial charge in [0.15, 0.2) is 0 Å². The predicted molar refractivity (Wildman–Crippen MR) is 71.4 cm³/mol. The van der Waals surface area contributed by atoms with Gasteiger partial charge in [-0.25, -0.2) is 9.18 Å². The van der Waals surface area contributed by atoms with Crippen molar-refractivity contribution in [1.29, 1.82) is 0 Å². The molecule has 0 saturated carbocycles. The largest absolute Gasteiger partial charge is 0.480 e. The number of aliphatic carboxylic acids is 1. The molecule has 6 heteroatoms. The zero-order chi connectivity index (χ0) is 14.0. The van der Waals surface area contributed by atoms with Gasteiger partial charge in [-0.1, -0.05) is 22.0 Å². The normalized spacial score (nSPS) is 18.1. The number of rotatable bonds is 5. The van der Waals surface area contributed by atoms with E-state index in [-0.39, 0.29) is 12.4 Å². The van der Waals surface area contributed by atoms with Gasteiger partial charge in [-0.15, -0.1) is 0 Å². The number of hydrogen-bond acceptors (Lipinski definition) is 3. The molecule has 4 nitrogen and oxygen atoms in total. The van der Waals surface area contributed by atoms with E-state index >= 15 is 0 Å². The molecule has 19 heavy (non-hydrogen) atoms. The Labute approximate surface area is 119 Å². The van der Waals surface area contributed by atoms with Crippen LogP contribution >= 0.6 is 15.9 Å². The molecule has 1 aromatic carbocycles. The molecule has 1 aliphatic heterocycles. The van der Waals surface area contributed by atoms with E-state index in [1.165, 1.54) is 12.1 Å². The fourth-order valence-corrected chi connectivity index (χ4v) is 2.71. The first-order valence-corrected chi connectivity index (χ1v) is 6.69. The summed E-state index contributed by atoms with van der Waals surface area (Å²) in [7, 11) is 0. The van der Waals surface area contributed by atoms with Gasteiger partial charge in [-0.05, 0) is 24.6 Å². The van der Waals surface area contributed by atoms with Crippen LogP contribution in [-0.4, -0.2) is 41.3 Å². The lowest BCUT2D eigenvalue weighted by molar-refractivity contribution is -0.165. The number of carboxylic acid groups (broad SMARTS) is 1. The van der Waals surface area contributed by atoms with Gasteiger partial charge in [0.25, 0.3) is 0 Å². The highest BCUT2D eigenvalue weighted by molar-refractivity contribution is 9.10. The van der Waals surface area contributed by atoms with Gasteiger partial charge >= 0.3 is 5.97 Å². The Morgan fingerprint density at radius 2 is 2.26 bits per heavy atom. The van der Waals surface area contributed by atoms with E-state index in [2.05, 4.69) is 20.8 Å². The van der Waals surface area contributed by atoms with Crippen LogP contribution in [0.2, 0.25) is 0 Å². The van der Waals surface area contributed by atoms with Crippen molar-refractivity contribution in [2.75, 3.05) is 19.7 Å². The van der Waals surface area contributed by atoms with E-state index in [1.54, 1.807) is 6.07 Å². The lowest BCUT2D eigenvalue weighted by atomic mass is 9.95. The minimum absolute atomic E-state index is 0.270. The summed E-state index contributed by atoms with van der Waals surface area (Å²) in [6.45, 7) is 3.65. The predicted octanol–water partition coefficient (Wildman–Crippen LogP) is 2.26. The molecule has 0 radical (unpaired) electrons. The number of nitrogens with zero attached hydrogens (tertiary/aromatic N) is 1. The fraction of sp³-hybridized carbons (Fsp3) is 0.462. The second-order valence-electron chi connectivity index (χ2n) is 5.01. The Morgan fingerprint density at radius 1 is 1.58 bits per heavy atom. The lowest BCUT2D eigenvalue weighted by Crippen LogP contribution is -2.61. The second kappa shape index (κ2) is 5.56. The van der Waals surface area contributed by atoms with Crippen molar-refractivity contribution in [2.24, 2.45) is 0 Å². The SMILES string of the molecule is CC1(OCC(=O)O)CN(Cc2ccc(F)cc2Br)C1. The van der Waals surface area contributed by atoms with Crippen molar-refractivity contribution < 1.29 is 19.0 Å². The van der Waals surface area contributed by atoms with Crippen LogP contribution in [0.15, 0.2) is 22.7 Å². The lowest BCUT2D eigenvalue weighted by Gasteiger charge is -2.47. The molecule has 0 unspecified atom stereocenters. The van der Waals surface area contributed by atoms with Crippen LogP contribution in [-0.2, 0) is 16.1 Å². The Kier molecular flexibility index (Phi) is 4.23. The molecular weight excluding hydrogens is 317 g/mol. The maximum atomic E-state index is 13.0. The zero-order valence-corrected chi connectivity index (χ0v) is 12.1. The van der Waals surface area contributed by atoms with Gasteiger partial charge in [0.05, 0.1) is 5.60 Å². The van der Waals surface area contributed by atoms with Gasteiger partial charge in [0.1, 0.15) is 12.4 Å². The molecule has 0 aromatic heterocycles. The molecule has 1 aliphatic rings. The molecule has 0 amide bonds. The van der Waals surface area contributed by atoms with E-state index < -0.39 is 11.6 Å². The molecule has 104 valence electrons. The molecular formula is C13H15BrFNO3. The quantitative estimate of drug-likeness (QED) is 0.899. The first-order chi connectivity index (χ1) is 8.88. The van der Waals surface area contributed by atoms with Crippen molar-refractivity contribution in [2.45, 2.75) is 19.1 Å². The second-order valence-corrected chi connectivity index (χ2v) is 5.87. The van der Waals surface area contributed by atoms with Crippen LogP contribution < -0.4 is 0 Å². The van der Waals surface area contributed by atoms with Crippen LogP contribution in [0.1, 0.15) is 12.5 Å². The highest BCUT2D eigenvalue weighted by atomic mass is 79.9. The molecule has 0 aliphatic carbocycles. The summed E-state index contributed by atoms with van der Waals surface area (Å²) in [5, 5.41) is 8.58. The minimum atomic E-state index is -0.957. The van der Waals surface area contributed by atoms with Crippen LogP contribution in [0.5, 0.6) is 0 Å². The van der Waals surface area contributed by atoms with Gasteiger partial charge in [0.2, 0.25) is 0 Å². The van der Waals surface area contributed by atoms with E-state index in [9.17, 15) is 9.18 Å². The van der Waals surface area contributed by atoms with Crippen molar-refractivity contribution in [1.82, 2.24) is 4.90 Å².